The van der Waals surface area contributed by atoms with Crippen molar-refractivity contribution in [1.29, 1.82) is 0 Å². The Balaban J connectivity index is 1.92. The predicted octanol–water partition coefficient (Wildman–Crippen LogP) is -1.62. The van der Waals surface area contributed by atoms with E-state index in [9.17, 15) is 49.2 Å². The minimum absolute atomic E-state index is 0.00138. The molecule has 49 heavy (non-hydrogen) atoms. The Bertz CT molecular complexity index is 1650. The number of phenolic OH excluding ortho intramolecular Hbond substituents is 1. The van der Waals surface area contributed by atoms with Crippen LogP contribution in [0.5, 0.6) is 5.75 Å². The summed E-state index contributed by atoms with van der Waals surface area (Å²) < 4.78 is 0. The van der Waals surface area contributed by atoms with E-state index in [-0.39, 0.29) is 41.1 Å². The summed E-state index contributed by atoms with van der Waals surface area (Å²) in [5.74, 6) is -6.96. The van der Waals surface area contributed by atoms with E-state index in [4.69, 9.17) is 5.73 Å². The summed E-state index contributed by atoms with van der Waals surface area (Å²) in [7, 11) is 0. The molecule has 0 radical (unpaired) electrons. The normalized spacial score (nSPS) is 24.9. The van der Waals surface area contributed by atoms with E-state index < -0.39 is 83.7 Å². The number of hydrogen-bond acceptors (Lipinski definition) is 11. The Morgan fingerprint density at radius 1 is 1.06 bits per heavy atom. The van der Waals surface area contributed by atoms with Crippen LogP contribution in [0.15, 0.2) is 36.4 Å². The van der Waals surface area contributed by atoms with Crippen LogP contribution in [0.3, 0.4) is 0 Å². The van der Waals surface area contributed by atoms with Crippen molar-refractivity contribution in [3.05, 3.63) is 47.5 Å². The third-order valence-corrected chi connectivity index (χ3v) is 8.74. The second-order valence-electron chi connectivity index (χ2n) is 12.3. The highest BCUT2D eigenvalue weighted by Crippen LogP contribution is 2.46. The number of amides is 5. The lowest BCUT2D eigenvalue weighted by Gasteiger charge is -2.34. The largest absolute Gasteiger partial charge is 0.507 e. The number of nitrogens with two attached hydrogens (primary N) is 1. The molecule has 16 heteroatoms. The summed E-state index contributed by atoms with van der Waals surface area (Å²) in [5, 5.41) is 56.5. The molecule has 0 unspecified atom stereocenters. The molecule has 2 aromatic rings. The van der Waals surface area contributed by atoms with Gasteiger partial charge in [-0.25, -0.2) is 0 Å². The second kappa shape index (κ2) is 15.1. The fraction of sp³-hybridized carbons (Fsp3) is 0.455. The number of aliphatic hydroxyl groups is 3. The molecule has 2 aliphatic heterocycles. The molecule has 2 aliphatic rings. The first-order valence-corrected chi connectivity index (χ1v) is 16.0. The number of para-hydroxylation sites is 1. The summed E-state index contributed by atoms with van der Waals surface area (Å²) in [6, 6.07) is 3.38. The smallest absolute Gasteiger partial charge is 0.288 e. The van der Waals surface area contributed by atoms with Gasteiger partial charge in [0.1, 0.15) is 36.2 Å². The first-order valence-electron chi connectivity index (χ1n) is 16.0. The van der Waals surface area contributed by atoms with Crippen molar-refractivity contribution >= 4 is 41.0 Å². The minimum atomic E-state index is -2.79. The predicted molar refractivity (Wildman–Crippen MR) is 174 cm³/mol. The summed E-state index contributed by atoms with van der Waals surface area (Å²) in [6.45, 7) is 5.10. The van der Waals surface area contributed by atoms with E-state index in [1.165, 1.54) is 36.4 Å². The third kappa shape index (κ3) is 7.57. The Morgan fingerprint density at radius 2 is 1.78 bits per heavy atom. The number of carbonyl (C=O) groups is 6. The van der Waals surface area contributed by atoms with Gasteiger partial charge in [-0.3, -0.25) is 28.8 Å². The van der Waals surface area contributed by atoms with E-state index in [1.807, 2.05) is 0 Å². The van der Waals surface area contributed by atoms with Crippen molar-refractivity contribution in [1.82, 2.24) is 21.3 Å². The zero-order chi connectivity index (χ0) is 36.2. The topological polar surface area (TPSA) is 270 Å². The van der Waals surface area contributed by atoms with Crippen LogP contribution >= 0.6 is 0 Å². The first kappa shape index (κ1) is 36.9. The molecule has 4 rings (SSSR count). The standard InChI is InChI=1S/C33H42N6O10/c1-4-11-35-30(46)25-27(43)33(49)19-8-6-7-17(24(19)39-32(33)48)18-12-16(9-10-22(18)40)13-20(37-31(47)26(42)15(3)5-2)28(44)36-21(14-23(34)41)29(45)38-25/h6-10,12,15,20-21,23,25,27,40-41,43,49H,4-5,11,13-14,34H2,1-3H3,(H,35,46)(H,36,44)(H,37,47)(H,38,45)(H,39,48)/t15-,20-,21-,23-,25-,27+,33-/m0/s1. The maximum absolute atomic E-state index is 13.8. The minimum Gasteiger partial charge on any atom is -0.507 e. The average molecular weight is 683 g/mol. The van der Waals surface area contributed by atoms with Crippen LogP contribution < -0.4 is 32.3 Å². The Hall–Kier alpha value is -4.90. The van der Waals surface area contributed by atoms with Crippen molar-refractivity contribution in [3.63, 3.8) is 0 Å². The van der Waals surface area contributed by atoms with Gasteiger partial charge in [-0.1, -0.05) is 45.0 Å². The molecular formula is C33H42N6O10. The van der Waals surface area contributed by atoms with Gasteiger partial charge in [0.15, 0.2) is 5.60 Å². The Labute approximate surface area is 281 Å². The lowest BCUT2D eigenvalue weighted by atomic mass is 9.83. The molecular weight excluding hydrogens is 640 g/mol. The number of phenols is 1. The number of nitrogens with one attached hydrogen (secondary N) is 5. The fourth-order valence-electron chi connectivity index (χ4n) is 5.75. The molecule has 264 valence electrons. The summed E-state index contributed by atoms with van der Waals surface area (Å²) in [5.41, 5.74) is 3.32. The third-order valence-electron chi connectivity index (χ3n) is 8.74. The maximum Gasteiger partial charge on any atom is 0.288 e. The van der Waals surface area contributed by atoms with Gasteiger partial charge in [-0.2, -0.15) is 0 Å². The SMILES string of the molecule is CCCNC(=O)[C@H]1NC(=O)[C@H](C[C@@H](N)O)NC(=O)[C@@H](NC(=O)C(=O)[C@@H](C)CC)Cc2ccc(O)c(c2)-c2cccc3c2NC(=O)[C@@]3(O)[C@@H]1O. The molecule has 0 saturated carbocycles. The Kier molecular flexibility index (Phi) is 11.4. The molecule has 0 aliphatic carbocycles. The molecule has 6 bridgehead atoms. The molecule has 0 spiro atoms. The van der Waals surface area contributed by atoms with Gasteiger partial charge >= 0.3 is 0 Å². The molecule has 0 aromatic heterocycles. The fourth-order valence-corrected chi connectivity index (χ4v) is 5.75. The van der Waals surface area contributed by atoms with E-state index in [2.05, 4.69) is 26.6 Å². The molecule has 2 aromatic carbocycles. The van der Waals surface area contributed by atoms with Gasteiger partial charge in [-0.15, -0.1) is 0 Å². The van der Waals surface area contributed by atoms with Gasteiger partial charge in [0, 0.05) is 42.0 Å². The molecule has 0 saturated heterocycles. The van der Waals surface area contributed by atoms with Crippen molar-refractivity contribution in [3.8, 4) is 16.9 Å². The van der Waals surface area contributed by atoms with E-state index in [1.54, 1.807) is 20.8 Å². The first-order chi connectivity index (χ1) is 23.1. The number of aliphatic hydroxyl groups excluding tert-OH is 2. The lowest BCUT2D eigenvalue weighted by Crippen LogP contribution is -2.64. The van der Waals surface area contributed by atoms with E-state index in [0.29, 0.717) is 18.4 Å². The lowest BCUT2D eigenvalue weighted by molar-refractivity contribution is -0.156. The zero-order valence-electron chi connectivity index (χ0n) is 27.3. The Morgan fingerprint density at radius 3 is 2.43 bits per heavy atom. The highest BCUT2D eigenvalue weighted by Gasteiger charge is 2.56. The van der Waals surface area contributed by atoms with Crippen LogP contribution in [0.25, 0.3) is 11.1 Å². The second-order valence-corrected chi connectivity index (χ2v) is 12.3. The van der Waals surface area contributed by atoms with Crippen LogP contribution in [0.1, 0.15) is 51.2 Å². The number of fused-ring (bicyclic) bond motifs is 3. The number of aromatic hydroxyl groups is 1. The van der Waals surface area contributed by atoms with Crippen LogP contribution in [0.4, 0.5) is 5.69 Å². The van der Waals surface area contributed by atoms with E-state index >= 15 is 0 Å². The van der Waals surface area contributed by atoms with Crippen molar-refractivity contribution in [2.75, 3.05) is 11.9 Å². The number of carbonyl (C=O) groups excluding carboxylic acids is 6. The molecule has 5 amide bonds. The molecule has 11 N–H and O–H groups in total. The van der Waals surface area contributed by atoms with Crippen LogP contribution in [0, 0.1) is 5.92 Å². The van der Waals surface area contributed by atoms with Crippen molar-refractivity contribution in [2.45, 2.75) is 82.5 Å². The summed E-state index contributed by atoms with van der Waals surface area (Å²) >= 11 is 0. The van der Waals surface area contributed by atoms with Crippen LogP contribution in [0.2, 0.25) is 0 Å². The molecule has 0 fully saturated rings. The van der Waals surface area contributed by atoms with Crippen molar-refractivity contribution < 1.29 is 49.2 Å². The number of benzene rings is 2. The number of anilines is 1. The zero-order valence-corrected chi connectivity index (χ0v) is 27.3. The molecule has 16 nitrogen and oxygen atoms in total. The highest BCUT2D eigenvalue weighted by atomic mass is 16.4. The average Bonchev–Trinajstić information content (AvgIpc) is 3.34. The molecule has 7 atom stereocenters. The summed E-state index contributed by atoms with van der Waals surface area (Å²) in [6.07, 6.45) is -4.04. The maximum atomic E-state index is 13.8. The van der Waals surface area contributed by atoms with Crippen molar-refractivity contribution in [2.24, 2.45) is 11.7 Å². The quantitative estimate of drug-likeness (QED) is 0.106. The number of rotatable bonds is 9. The van der Waals surface area contributed by atoms with Gasteiger partial charge in [0.25, 0.3) is 11.8 Å². The highest BCUT2D eigenvalue weighted by molar-refractivity contribution is 6.37. The van der Waals surface area contributed by atoms with Crippen LogP contribution in [-0.2, 0) is 40.8 Å². The monoisotopic (exact) mass is 682 g/mol. The summed E-state index contributed by atoms with van der Waals surface area (Å²) in [4.78, 5) is 80.0. The van der Waals surface area contributed by atoms with Gasteiger partial charge < -0.3 is 52.7 Å². The number of Topliss-reactive ketones (excluding diaryl/α,β-unsaturated/α-hetero) is 1. The molecule has 2 heterocycles. The van der Waals surface area contributed by atoms with Crippen LogP contribution in [-0.4, -0.2) is 92.7 Å². The number of hydrogen-bond donors (Lipinski definition) is 10. The van der Waals surface area contributed by atoms with E-state index in [0.717, 1.165) is 0 Å². The van der Waals surface area contributed by atoms with Gasteiger partial charge in [0.05, 0.1) is 5.69 Å². The number of ketones is 1. The van der Waals surface area contributed by atoms with Gasteiger partial charge in [-0.05, 0) is 30.5 Å². The van der Waals surface area contributed by atoms with Gasteiger partial charge in [0.2, 0.25) is 23.5 Å².